The van der Waals surface area contributed by atoms with E-state index in [1.165, 1.54) is 4.72 Å². The molecule has 1 N–H and O–H groups in total. The van der Waals surface area contributed by atoms with Crippen molar-refractivity contribution in [3.8, 4) is 0 Å². The molecular weight excluding hydrogens is 327 g/mol. The molecule has 0 atom stereocenters. The molecule has 0 radical (unpaired) electrons. The monoisotopic (exact) mass is 329 g/mol. The van der Waals surface area contributed by atoms with E-state index in [0.717, 1.165) is 6.07 Å². The normalized spacial score (nSPS) is 17.8. The number of carbonyl (C=O) groups is 1. The Labute approximate surface area is 102 Å². The Morgan fingerprint density at radius 1 is 1.24 bits per heavy atom. The molecule has 1 amide bonds. The second-order valence-corrected chi connectivity index (χ2v) is 5.83. The average molecular weight is 330 g/mol. The summed E-state index contributed by atoms with van der Waals surface area (Å²) in [4.78, 5) is 10.6. The third-order valence-electron chi connectivity index (χ3n) is 2.12. The number of halogens is 4. The van der Waals surface area contributed by atoms with E-state index >= 15 is 0 Å². The Morgan fingerprint density at radius 3 is 2.35 bits per heavy atom. The van der Waals surface area contributed by atoms with Crippen molar-refractivity contribution >= 4 is 31.9 Å². The van der Waals surface area contributed by atoms with Gasteiger partial charge in [0.05, 0.1) is 11.1 Å². The van der Waals surface area contributed by atoms with Crippen molar-refractivity contribution in [3.05, 3.63) is 27.7 Å². The first-order valence-electron chi connectivity index (χ1n) is 4.11. The van der Waals surface area contributed by atoms with Crippen LogP contribution in [0.3, 0.4) is 0 Å². The van der Waals surface area contributed by atoms with Crippen LogP contribution < -0.4 is 4.72 Å². The molecule has 9 heteroatoms. The summed E-state index contributed by atoms with van der Waals surface area (Å²) in [5.74, 6) is -1.26. The molecule has 0 unspecified atom stereocenters. The minimum atomic E-state index is -4.80. The van der Waals surface area contributed by atoms with Crippen molar-refractivity contribution < 1.29 is 26.4 Å². The van der Waals surface area contributed by atoms with Gasteiger partial charge in [0.1, 0.15) is 4.90 Å². The fourth-order valence-corrected chi connectivity index (χ4v) is 3.30. The topological polar surface area (TPSA) is 63.2 Å². The van der Waals surface area contributed by atoms with E-state index in [1.807, 2.05) is 0 Å². The molecule has 1 aromatic carbocycles. The van der Waals surface area contributed by atoms with Gasteiger partial charge in [-0.1, -0.05) is 15.9 Å². The zero-order valence-corrected chi connectivity index (χ0v) is 10.2. The number of hydrogen-bond acceptors (Lipinski definition) is 3. The van der Waals surface area contributed by atoms with E-state index in [1.54, 1.807) is 0 Å². The van der Waals surface area contributed by atoms with Crippen LogP contribution >= 0.6 is 15.9 Å². The highest BCUT2D eigenvalue weighted by atomic mass is 79.9. The minimum absolute atomic E-state index is 0.0661. The standard InChI is InChI=1S/C8H3BrF3NO3S/c9-3-1-4(8(10,11)12)6-5(2-3)17(15,16)13-7(6)14/h1-2H,(H,13,14). The van der Waals surface area contributed by atoms with Gasteiger partial charge in [0.25, 0.3) is 15.9 Å². The Kier molecular flexibility index (Phi) is 2.51. The number of sulfonamides is 1. The fraction of sp³-hybridized carbons (Fsp3) is 0.125. The SMILES string of the molecule is O=C1NS(=O)(=O)c2cc(Br)cc(C(F)(F)F)c21. The molecular formula is C8H3BrF3NO3S. The van der Waals surface area contributed by atoms with Gasteiger partial charge in [-0.2, -0.15) is 13.2 Å². The van der Waals surface area contributed by atoms with Gasteiger partial charge < -0.3 is 0 Å². The first-order valence-corrected chi connectivity index (χ1v) is 6.38. The van der Waals surface area contributed by atoms with Gasteiger partial charge in [-0.3, -0.25) is 4.79 Å². The number of carbonyl (C=O) groups excluding carboxylic acids is 1. The lowest BCUT2D eigenvalue weighted by molar-refractivity contribution is -0.138. The maximum absolute atomic E-state index is 12.7. The minimum Gasteiger partial charge on any atom is -0.268 e. The highest BCUT2D eigenvalue weighted by Gasteiger charge is 2.43. The van der Waals surface area contributed by atoms with Crippen LogP contribution in [0.5, 0.6) is 0 Å². The van der Waals surface area contributed by atoms with Gasteiger partial charge in [0, 0.05) is 4.47 Å². The van der Waals surface area contributed by atoms with E-state index in [2.05, 4.69) is 15.9 Å². The van der Waals surface area contributed by atoms with E-state index < -0.39 is 38.1 Å². The zero-order chi connectivity index (χ0) is 13.0. The lowest BCUT2D eigenvalue weighted by Gasteiger charge is -2.10. The summed E-state index contributed by atoms with van der Waals surface area (Å²) in [6.07, 6.45) is -4.80. The highest BCUT2D eigenvalue weighted by molar-refractivity contribution is 9.10. The van der Waals surface area contributed by atoms with E-state index in [9.17, 15) is 26.4 Å². The highest BCUT2D eigenvalue weighted by Crippen LogP contribution is 2.38. The van der Waals surface area contributed by atoms with Crippen LogP contribution in [-0.2, 0) is 16.2 Å². The first-order chi connectivity index (χ1) is 7.63. The number of hydrogen-bond donors (Lipinski definition) is 1. The van der Waals surface area contributed by atoms with Crippen LogP contribution in [0.25, 0.3) is 0 Å². The van der Waals surface area contributed by atoms with Crippen molar-refractivity contribution in [1.82, 2.24) is 4.72 Å². The van der Waals surface area contributed by atoms with Crippen molar-refractivity contribution in [3.63, 3.8) is 0 Å². The fourth-order valence-electron chi connectivity index (χ4n) is 1.48. The molecule has 1 aliphatic heterocycles. The number of alkyl halides is 3. The van der Waals surface area contributed by atoms with Gasteiger partial charge in [-0.15, -0.1) is 0 Å². The van der Waals surface area contributed by atoms with Crippen LogP contribution in [0, 0.1) is 0 Å². The van der Waals surface area contributed by atoms with E-state index in [4.69, 9.17) is 0 Å². The zero-order valence-electron chi connectivity index (χ0n) is 7.80. The molecule has 0 saturated carbocycles. The number of rotatable bonds is 0. The number of benzene rings is 1. The summed E-state index contributed by atoms with van der Waals surface area (Å²) in [5.41, 5.74) is -2.14. The second kappa shape index (κ2) is 3.45. The molecule has 92 valence electrons. The summed E-state index contributed by atoms with van der Waals surface area (Å²) >= 11 is 2.78. The predicted molar refractivity (Wildman–Crippen MR) is 53.8 cm³/mol. The Balaban J connectivity index is 2.88. The van der Waals surface area contributed by atoms with E-state index in [0.29, 0.717) is 6.07 Å². The van der Waals surface area contributed by atoms with Crippen molar-refractivity contribution in [2.24, 2.45) is 0 Å². The van der Waals surface area contributed by atoms with Crippen LogP contribution in [-0.4, -0.2) is 14.3 Å². The van der Waals surface area contributed by atoms with Gasteiger partial charge in [-0.05, 0) is 12.1 Å². The lowest BCUT2D eigenvalue weighted by atomic mass is 10.1. The summed E-state index contributed by atoms with van der Waals surface area (Å²) in [5, 5.41) is 0. The number of fused-ring (bicyclic) bond motifs is 1. The van der Waals surface area contributed by atoms with Crippen molar-refractivity contribution in [2.45, 2.75) is 11.1 Å². The third-order valence-corrected chi connectivity index (χ3v) is 3.93. The van der Waals surface area contributed by atoms with Gasteiger partial charge >= 0.3 is 6.18 Å². The van der Waals surface area contributed by atoms with Crippen molar-refractivity contribution in [1.29, 1.82) is 0 Å². The molecule has 1 heterocycles. The summed E-state index contributed by atoms with van der Waals surface area (Å²) in [6.45, 7) is 0. The molecule has 0 fully saturated rings. The van der Waals surface area contributed by atoms with E-state index in [-0.39, 0.29) is 4.47 Å². The molecule has 2 rings (SSSR count). The Hall–Kier alpha value is -1.09. The largest absolute Gasteiger partial charge is 0.417 e. The molecule has 0 aliphatic carbocycles. The van der Waals surface area contributed by atoms with Crippen LogP contribution in [0.2, 0.25) is 0 Å². The quantitative estimate of drug-likeness (QED) is 0.790. The molecule has 1 aliphatic rings. The Morgan fingerprint density at radius 2 is 1.82 bits per heavy atom. The maximum Gasteiger partial charge on any atom is 0.417 e. The predicted octanol–water partition coefficient (Wildman–Crippen LogP) is 1.90. The molecule has 0 spiro atoms. The Bertz CT molecular complexity index is 624. The maximum atomic E-state index is 12.7. The molecule has 0 saturated heterocycles. The third kappa shape index (κ3) is 1.93. The molecule has 0 bridgehead atoms. The number of amides is 1. The summed E-state index contributed by atoms with van der Waals surface area (Å²) in [6, 6.07) is 1.62. The summed E-state index contributed by atoms with van der Waals surface area (Å²) < 4.78 is 62.2. The second-order valence-electron chi connectivity index (χ2n) is 3.26. The number of nitrogens with one attached hydrogen (secondary N) is 1. The van der Waals surface area contributed by atoms with Crippen LogP contribution in [0.1, 0.15) is 15.9 Å². The average Bonchev–Trinajstić information content (AvgIpc) is 2.34. The lowest BCUT2D eigenvalue weighted by Crippen LogP contribution is -2.21. The van der Waals surface area contributed by atoms with Crippen LogP contribution in [0.15, 0.2) is 21.5 Å². The smallest absolute Gasteiger partial charge is 0.268 e. The van der Waals surface area contributed by atoms with Crippen LogP contribution in [0.4, 0.5) is 13.2 Å². The van der Waals surface area contributed by atoms with Crippen molar-refractivity contribution in [2.75, 3.05) is 0 Å². The molecule has 4 nitrogen and oxygen atoms in total. The summed E-state index contributed by atoms with van der Waals surface area (Å²) in [7, 11) is -4.19. The molecule has 0 aromatic heterocycles. The van der Waals surface area contributed by atoms with Gasteiger partial charge in [0.2, 0.25) is 0 Å². The molecule has 1 aromatic rings. The first kappa shape index (κ1) is 12.4. The molecule has 17 heavy (non-hydrogen) atoms. The van der Waals surface area contributed by atoms with Gasteiger partial charge in [0.15, 0.2) is 0 Å². The van der Waals surface area contributed by atoms with Gasteiger partial charge in [-0.25, -0.2) is 13.1 Å².